The zero-order chi connectivity index (χ0) is 17.7. The molecule has 2 nitrogen and oxygen atoms in total. The maximum Gasteiger partial charge on any atom is 0.0857 e. The van der Waals surface area contributed by atoms with Crippen molar-refractivity contribution >= 4 is 11.4 Å². The molecule has 0 bridgehead atoms. The van der Waals surface area contributed by atoms with Crippen molar-refractivity contribution in [2.24, 2.45) is 10.2 Å². The summed E-state index contributed by atoms with van der Waals surface area (Å²) in [6.07, 6.45) is 11.5. The van der Waals surface area contributed by atoms with E-state index >= 15 is 0 Å². The van der Waals surface area contributed by atoms with Crippen LogP contribution in [-0.2, 0) is 12.8 Å². The Morgan fingerprint density at radius 1 is 0.520 bits per heavy atom. The third kappa shape index (κ3) is 7.64. The Morgan fingerprint density at radius 3 is 1.52 bits per heavy atom. The number of hydrogen-bond donors (Lipinski definition) is 0. The van der Waals surface area contributed by atoms with Crippen molar-refractivity contribution in [2.75, 3.05) is 0 Å². The number of hydrogen-bond acceptors (Lipinski definition) is 2. The van der Waals surface area contributed by atoms with Gasteiger partial charge in [0.25, 0.3) is 0 Å². The van der Waals surface area contributed by atoms with Gasteiger partial charge in [0.1, 0.15) is 0 Å². The Labute approximate surface area is 153 Å². The normalized spacial score (nSPS) is 11.3. The lowest BCUT2D eigenvalue weighted by Crippen LogP contribution is -1.85. The molecule has 0 aliphatic heterocycles. The summed E-state index contributed by atoms with van der Waals surface area (Å²) < 4.78 is 0. The summed E-state index contributed by atoms with van der Waals surface area (Å²) in [5, 5.41) is 8.68. The molecule has 0 N–H and O–H groups in total. The van der Waals surface area contributed by atoms with E-state index in [0.29, 0.717) is 0 Å². The Balaban J connectivity index is 1.77. The lowest BCUT2D eigenvalue weighted by Gasteiger charge is -2.02. The molecule has 2 heteroatoms. The summed E-state index contributed by atoms with van der Waals surface area (Å²) in [6.45, 7) is 4.46. The SMILES string of the molecule is CCCCCCCCc1ccc(N=Nc2ccc(CCC)cc2)cc1. The predicted octanol–water partition coefficient (Wildman–Crippen LogP) is 7.96. The second kappa shape index (κ2) is 11.6. The molecule has 0 aliphatic rings. The maximum absolute atomic E-state index is 4.35. The van der Waals surface area contributed by atoms with E-state index in [0.717, 1.165) is 17.8 Å². The fraction of sp³-hybridized carbons (Fsp3) is 0.478. The zero-order valence-corrected chi connectivity index (χ0v) is 15.9. The molecule has 2 aromatic carbocycles. The third-order valence-corrected chi connectivity index (χ3v) is 4.51. The van der Waals surface area contributed by atoms with Gasteiger partial charge in [-0.3, -0.25) is 0 Å². The van der Waals surface area contributed by atoms with Crippen molar-refractivity contribution in [3.8, 4) is 0 Å². The van der Waals surface area contributed by atoms with Gasteiger partial charge >= 0.3 is 0 Å². The van der Waals surface area contributed by atoms with Crippen LogP contribution in [0.3, 0.4) is 0 Å². The molecule has 0 aromatic heterocycles. The number of aryl methyl sites for hydroxylation is 2. The summed E-state index contributed by atoms with van der Waals surface area (Å²) in [6, 6.07) is 16.9. The highest BCUT2D eigenvalue weighted by atomic mass is 15.1. The first-order valence-corrected chi connectivity index (χ1v) is 9.91. The summed E-state index contributed by atoms with van der Waals surface area (Å²) in [7, 11) is 0. The van der Waals surface area contributed by atoms with Crippen LogP contribution in [0.15, 0.2) is 58.8 Å². The molecular weight excluding hydrogens is 304 g/mol. The van der Waals surface area contributed by atoms with Crippen LogP contribution in [0.4, 0.5) is 11.4 Å². The van der Waals surface area contributed by atoms with Crippen LogP contribution in [-0.4, -0.2) is 0 Å². The molecule has 134 valence electrons. The van der Waals surface area contributed by atoms with Gasteiger partial charge in [-0.25, -0.2) is 0 Å². The highest BCUT2D eigenvalue weighted by Gasteiger charge is 1.96. The second-order valence-corrected chi connectivity index (χ2v) is 6.80. The summed E-state index contributed by atoms with van der Waals surface area (Å²) >= 11 is 0. The first-order valence-electron chi connectivity index (χ1n) is 9.91. The molecule has 25 heavy (non-hydrogen) atoms. The molecule has 0 saturated carbocycles. The van der Waals surface area contributed by atoms with Crippen molar-refractivity contribution < 1.29 is 0 Å². The highest BCUT2D eigenvalue weighted by Crippen LogP contribution is 2.20. The minimum atomic E-state index is 0.913. The Kier molecular flexibility index (Phi) is 8.96. The molecule has 0 fully saturated rings. The van der Waals surface area contributed by atoms with Gasteiger partial charge in [-0.05, 0) is 54.7 Å². The first-order chi connectivity index (χ1) is 12.3. The zero-order valence-electron chi connectivity index (χ0n) is 15.9. The molecule has 2 aromatic rings. The largest absolute Gasteiger partial charge is 0.151 e. The third-order valence-electron chi connectivity index (χ3n) is 4.51. The monoisotopic (exact) mass is 336 g/mol. The molecule has 0 saturated heterocycles. The fourth-order valence-electron chi connectivity index (χ4n) is 2.97. The van der Waals surface area contributed by atoms with Gasteiger partial charge < -0.3 is 0 Å². The molecular formula is C23H32N2. The lowest BCUT2D eigenvalue weighted by atomic mass is 10.0. The topological polar surface area (TPSA) is 24.7 Å². The van der Waals surface area contributed by atoms with Gasteiger partial charge in [0.15, 0.2) is 0 Å². The van der Waals surface area contributed by atoms with Crippen molar-refractivity contribution in [2.45, 2.75) is 71.6 Å². The standard InChI is InChI=1S/C23H32N2/c1-3-5-6-7-8-9-11-21-14-18-23(19-15-21)25-24-22-16-12-20(10-4-2)13-17-22/h12-19H,3-11H2,1-2H3. The fourth-order valence-corrected chi connectivity index (χ4v) is 2.97. The van der Waals surface area contributed by atoms with Crippen LogP contribution in [0.5, 0.6) is 0 Å². The van der Waals surface area contributed by atoms with Crippen molar-refractivity contribution in [3.05, 3.63) is 59.7 Å². The summed E-state index contributed by atoms with van der Waals surface area (Å²) in [4.78, 5) is 0. The second-order valence-electron chi connectivity index (χ2n) is 6.80. The molecule has 0 spiro atoms. The van der Waals surface area contributed by atoms with Crippen molar-refractivity contribution in [1.29, 1.82) is 0 Å². The van der Waals surface area contributed by atoms with Gasteiger partial charge in [-0.2, -0.15) is 10.2 Å². The predicted molar refractivity (Wildman–Crippen MR) is 108 cm³/mol. The van der Waals surface area contributed by atoms with E-state index in [-0.39, 0.29) is 0 Å². The van der Waals surface area contributed by atoms with Crippen LogP contribution >= 0.6 is 0 Å². The number of benzene rings is 2. The minimum absolute atomic E-state index is 0.913. The van der Waals surface area contributed by atoms with Crippen LogP contribution in [0.1, 0.15) is 69.9 Å². The van der Waals surface area contributed by atoms with E-state index in [9.17, 15) is 0 Å². The van der Waals surface area contributed by atoms with Crippen LogP contribution in [0.2, 0.25) is 0 Å². The molecule has 0 radical (unpaired) electrons. The van der Waals surface area contributed by atoms with Gasteiger partial charge in [0, 0.05) is 0 Å². The van der Waals surface area contributed by atoms with Gasteiger partial charge in [-0.15, -0.1) is 0 Å². The number of nitrogens with zero attached hydrogens (tertiary/aromatic N) is 2. The molecule has 0 unspecified atom stereocenters. The smallest absolute Gasteiger partial charge is 0.0857 e. The van der Waals surface area contributed by atoms with E-state index < -0.39 is 0 Å². The first kappa shape index (κ1) is 19.4. The quantitative estimate of drug-likeness (QED) is 0.294. The molecule has 0 amide bonds. The van der Waals surface area contributed by atoms with E-state index in [1.807, 2.05) is 12.1 Å². The Hall–Kier alpha value is -1.96. The average molecular weight is 337 g/mol. The van der Waals surface area contributed by atoms with E-state index in [4.69, 9.17) is 0 Å². The van der Waals surface area contributed by atoms with Crippen molar-refractivity contribution in [3.63, 3.8) is 0 Å². The average Bonchev–Trinajstić information content (AvgIpc) is 2.65. The summed E-state index contributed by atoms with van der Waals surface area (Å²) in [5.74, 6) is 0. The van der Waals surface area contributed by atoms with E-state index in [1.54, 1.807) is 0 Å². The number of rotatable bonds is 11. The van der Waals surface area contributed by atoms with Crippen LogP contribution in [0, 0.1) is 0 Å². The molecule has 0 atom stereocenters. The number of unbranched alkanes of at least 4 members (excludes halogenated alkanes) is 5. The van der Waals surface area contributed by atoms with Gasteiger partial charge in [-0.1, -0.05) is 76.6 Å². The molecule has 2 rings (SSSR count). The van der Waals surface area contributed by atoms with Crippen molar-refractivity contribution in [1.82, 2.24) is 0 Å². The van der Waals surface area contributed by atoms with E-state index in [2.05, 4.69) is 60.5 Å². The highest BCUT2D eigenvalue weighted by molar-refractivity contribution is 5.42. The van der Waals surface area contributed by atoms with Gasteiger partial charge in [0.2, 0.25) is 0 Å². The van der Waals surface area contributed by atoms with Crippen LogP contribution < -0.4 is 0 Å². The lowest BCUT2D eigenvalue weighted by molar-refractivity contribution is 0.607. The maximum atomic E-state index is 4.35. The Bertz CT molecular complexity index is 612. The minimum Gasteiger partial charge on any atom is -0.151 e. The van der Waals surface area contributed by atoms with E-state index in [1.165, 1.54) is 62.5 Å². The van der Waals surface area contributed by atoms with Gasteiger partial charge in [0.05, 0.1) is 11.4 Å². The summed E-state index contributed by atoms with van der Waals surface area (Å²) in [5.41, 5.74) is 4.60. The number of azo groups is 1. The van der Waals surface area contributed by atoms with Crippen LogP contribution in [0.25, 0.3) is 0 Å². The molecule has 0 aliphatic carbocycles. The Morgan fingerprint density at radius 2 is 1.00 bits per heavy atom. The molecule has 0 heterocycles.